The zero-order chi connectivity index (χ0) is 20.1. The van der Waals surface area contributed by atoms with Crippen LogP contribution in [-0.4, -0.2) is 24.8 Å². The molecule has 1 aliphatic heterocycles. The van der Waals surface area contributed by atoms with Gasteiger partial charge < -0.3 is 10.4 Å². The van der Waals surface area contributed by atoms with Crippen LogP contribution in [0.5, 0.6) is 0 Å². The minimum absolute atomic E-state index is 0.200. The van der Waals surface area contributed by atoms with Gasteiger partial charge in [0.1, 0.15) is 0 Å². The van der Waals surface area contributed by atoms with Crippen molar-refractivity contribution in [3.05, 3.63) is 107 Å². The maximum atomic E-state index is 9.52. The smallest absolute Gasteiger partial charge is 0.0434 e. The lowest BCUT2D eigenvalue weighted by atomic mass is 9.85. The molecule has 0 amide bonds. The summed E-state index contributed by atoms with van der Waals surface area (Å²) in [5, 5.41) is 12.9. The van der Waals surface area contributed by atoms with Crippen molar-refractivity contribution >= 4 is 11.1 Å². The number of benzene rings is 3. The molecule has 2 heteroatoms. The van der Waals surface area contributed by atoms with Gasteiger partial charge in [0.25, 0.3) is 0 Å². The van der Waals surface area contributed by atoms with Crippen molar-refractivity contribution in [2.24, 2.45) is 0 Å². The maximum absolute atomic E-state index is 9.52. The molecule has 0 aliphatic carbocycles. The largest absolute Gasteiger partial charge is 0.396 e. The van der Waals surface area contributed by atoms with Crippen LogP contribution in [0.2, 0.25) is 0 Å². The molecule has 1 aliphatic rings. The molecule has 0 spiro atoms. The highest BCUT2D eigenvalue weighted by molar-refractivity contribution is 5.98. The summed E-state index contributed by atoms with van der Waals surface area (Å²) in [5.74, 6) is 0.638. The van der Waals surface area contributed by atoms with Crippen LogP contribution in [0.15, 0.2) is 78.9 Å². The van der Waals surface area contributed by atoms with Gasteiger partial charge in [-0.1, -0.05) is 84.4 Å². The number of aryl methyl sites for hydroxylation is 1. The van der Waals surface area contributed by atoms with Gasteiger partial charge in [-0.05, 0) is 53.2 Å². The highest BCUT2D eigenvalue weighted by Gasteiger charge is 2.19. The Hall–Kier alpha value is -2.68. The van der Waals surface area contributed by atoms with E-state index in [0.29, 0.717) is 5.92 Å². The Morgan fingerprint density at radius 1 is 0.828 bits per heavy atom. The number of nitrogens with one attached hydrogen (secondary N) is 1. The van der Waals surface area contributed by atoms with Crippen LogP contribution in [0, 0.1) is 6.92 Å². The van der Waals surface area contributed by atoms with Gasteiger partial charge in [-0.3, -0.25) is 0 Å². The summed E-state index contributed by atoms with van der Waals surface area (Å²) in [4.78, 5) is 0. The summed E-state index contributed by atoms with van der Waals surface area (Å²) >= 11 is 0. The fourth-order valence-corrected chi connectivity index (χ4v) is 3.99. The number of hydrogen-bond acceptors (Lipinski definition) is 2. The number of rotatable bonds is 7. The molecule has 0 atom stereocenters. The van der Waals surface area contributed by atoms with Gasteiger partial charge in [0, 0.05) is 25.6 Å². The third-order valence-corrected chi connectivity index (χ3v) is 5.80. The van der Waals surface area contributed by atoms with Crippen LogP contribution >= 0.6 is 0 Å². The molecular formula is C27H29NO. The van der Waals surface area contributed by atoms with Crippen LogP contribution in [0.4, 0.5) is 0 Å². The van der Waals surface area contributed by atoms with Crippen molar-refractivity contribution < 1.29 is 5.11 Å². The Labute approximate surface area is 173 Å². The Kier molecular flexibility index (Phi) is 6.24. The Morgan fingerprint density at radius 3 is 2.00 bits per heavy atom. The summed E-state index contributed by atoms with van der Waals surface area (Å²) in [6.07, 6.45) is 1.60. The van der Waals surface area contributed by atoms with E-state index in [0.717, 1.165) is 25.9 Å². The molecule has 0 bridgehead atoms. The van der Waals surface area contributed by atoms with Crippen molar-refractivity contribution in [1.82, 2.24) is 5.32 Å². The second kappa shape index (κ2) is 9.21. The zero-order valence-corrected chi connectivity index (χ0v) is 17.1. The minimum Gasteiger partial charge on any atom is -0.396 e. The molecule has 3 aromatic rings. The normalized spacial score (nSPS) is 15.0. The summed E-state index contributed by atoms with van der Waals surface area (Å²) in [5.41, 5.74) is 8.92. The number of allylic oxidation sites excluding steroid dienone is 1. The minimum atomic E-state index is 0.200. The summed E-state index contributed by atoms with van der Waals surface area (Å²) < 4.78 is 0. The van der Waals surface area contributed by atoms with Crippen LogP contribution < -0.4 is 5.32 Å². The number of aliphatic hydroxyl groups excluding tert-OH is 1. The van der Waals surface area contributed by atoms with E-state index in [9.17, 15) is 5.11 Å². The average Bonchev–Trinajstić information content (AvgIpc) is 2.72. The summed E-state index contributed by atoms with van der Waals surface area (Å²) in [7, 11) is 0. The summed E-state index contributed by atoms with van der Waals surface area (Å²) in [6.45, 7) is 4.47. The quantitative estimate of drug-likeness (QED) is 0.535. The molecule has 2 N–H and O–H groups in total. The van der Waals surface area contributed by atoms with Crippen molar-refractivity contribution in [2.75, 3.05) is 19.7 Å². The Balaban J connectivity index is 1.85. The van der Waals surface area contributed by atoms with Gasteiger partial charge in [-0.15, -0.1) is 0 Å². The van der Waals surface area contributed by atoms with Gasteiger partial charge >= 0.3 is 0 Å². The van der Waals surface area contributed by atoms with E-state index >= 15 is 0 Å². The van der Waals surface area contributed by atoms with Crippen LogP contribution in [0.1, 0.15) is 46.6 Å². The lowest BCUT2D eigenvalue weighted by molar-refractivity contribution is 0.290. The molecular weight excluding hydrogens is 354 g/mol. The van der Waals surface area contributed by atoms with Crippen LogP contribution in [0.25, 0.3) is 11.1 Å². The van der Waals surface area contributed by atoms with Crippen molar-refractivity contribution in [1.29, 1.82) is 0 Å². The lowest BCUT2D eigenvalue weighted by Gasteiger charge is -2.27. The Morgan fingerprint density at radius 2 is 1.45 bits per heavy atom. The van der Waals surface area contributed by atoms with Gasteiger partial charge in [0.2, 0.25) is 0 Å². The third kappa shape index (κ3) is 4.50. The van der Waals surface area contributed by atoms with Gasteiger partial charge in [0.05, 0.1) is 0 Å². The predicted molar refractivity (Wildman–Crippen MR) is 122 cm³/mol. The highest BCUT2D eigenvalue weighted by Crippen LogP contribution is 2.36. The van der Waals surface area contributed by atoms with E-state index in [1.807, 2.05) is 0 Å². The first kappa shape index (κ1) is 19.6. The zero-order valence-electron chi connectivity index (χ0n) is 17.1. The van der Waals surface area contributed by atoms with Gasteiger partial charge in [-0.2, -0.15) is 0 Å². The second-order valence-electron chi connectivity index (χ2n) is 7.89. The van der Waals surface area contributed by atoms with Crippen LogP contribution in [-0.2, 0) is 0 Å². The molecule has 1 fully saturated rings. The van der Waals surface area contributed by atoms with Gasteiger partial charge in [-0.25, -0.2) is 0 Å². The van der Waals surface area contributed by atoms with Crippen molar-refractivity contribution in [3.63, 3.8) is 0 Å². The molecule has 3 aromatic carbocycles. The maximum Gasteiger partial charge on any atom is 0.0434 e. The van der Waals surface area contributed by atoms with Crippen molar-refractivity contribution in [3.8, 4) is 0 Å². The summed E-state index contributed by atoms with van der Waals surface area (Å²) in [6, 6.07) is 28.5. The molecule has 1 heterocycles. The first-order chi connectivity index (χ1) is 14.3. The van der Waals surface area contributed by atoms with E-state index in [4.69, 9.17) is 0 Å². The fourth-order valence-electron chi connectivity index (χ4n) is 3.99. The standard InChI is InChI=1S/C27H29NO/c1-20-9-11-23(12-10-20)27(24-15-13-21(14-16-24)25-18-28-19-25)26(8-5-17-29)22-6-3-2-4-7-22/h2-4,6-7,9-16,25,28-29H,5,8,17-19H2,1H3. The lowest BCUT2D eigenvalue weighted by Crippen LogP contribution is -2.39. The second-order valence-corrected chi connectivity index (χ2v) is 7.89. The topological polar surface area (TPSA) is 32.3 Å². The third-order valence-electron chi connectivity index (χ3n) is 5.80. The first-order valence-electron chi connectivity index (χ1n) is 10.5. The van der Waals surface area contributed by atoms with E-state index in [1.165, 1.54) is 39.0 Å². The highest BCUT2D eigenvalue weighted by atomic mass is 16.2. The van der Waals surface area contributed by atoms with E-state index in [-0.39, 0.29) is 6.61 Å². The molecule has 29 heavy (non-hydrogen) atoms. The van der Waals surface area contributed by atoms with Gasteiger partial charge in [0.15, 0.2) is 0 Å². The number of aliphatic hydroxyl groups is 1. The molecule has 0 aromatic heterocycles. The first-order valence-corrected chi connectivity index (χ1v) is 10.5. The fraction of sp³-hybridized carbons (Fsp3) is 0.259. The van der Waals surface area contributed by atoms with Crippen LogP contribution in [0.3, 0.4) is 0 Å². The molecule has 148 valence electrons. The van der Waals surface area contributed by atoms with Crippen molar-refractivity contribution in [2.45, 2.75) is 25.7 Å². The Bertz CT molecular complexity index is 952. The van der Waals surface area contributed by atoms with E-state index < -0.39 is 0 Å². The molecule has 0 unspecified atom stereocenters. The molecule has 0 radical (unpaired) electrons. The van der Waals surface area contributed by atoms with E-state index in [2.05, 4.69) is 91.1 Å². The molecule has 1 saturated heterocycles. The molecule has 2 nitrogen and oxygen atoms in total. The molecule has 4 rings (SSSR count). The van der Waals surface area contributed by atoms with E-state index in [1.54, 1.807) is 0 Å². The SMILES string of the molecule is Cc1ccc(C(=C(CCCO)c2ccccc2)c2ccc(C3CNC3)cc2)cc1. The average molecular weight is 384 g/mol. The monoisotopic (exact) mass is 383 g/mol. The predicted octanol–water partition coefficient (Wildman–Crippen LogP) is 5.41. The number of hydrogen-bond donors (Lipinski definition) is 2. The molecule has 0 saturated carbocycles.